The molecule has 0 bridgehead atoms. The molecule has 0 rings (SSSR count). The topological polar surface area (TPSA) is 69.6 Å². The van der Waals surface area contributed by atoms with E-state index in [-0.39, 0.29) is 6.61 Å². The summed E-state index contributed by atoms with van der Waals surface area (Å²) in [6.07, 6.45) is 0. The number of aliphatic hydroxyl groups excluding tert-OH is 1. The number of nitrogens with zero attached hydrogens (tertiary/aromatic N) is 1. The van der Waals surface area contributed by atoms with Crippen molar-refractivity contribution in [3.05, 3.63) is 0 Å². The molecule has 0 amide bonds. The largest absolute Gasteiger partial charge is 0.395 e. The van der Waals surface area contributed by atoms with Crippen LogP contribution < -0.4 is 4.72 Å². The number of hydrogen-bond donors (Lipinski definition) is 2. The smallest absolute Gasteiger partial charge is 0.279 e. The van der Waals surface area contributed by atoms with E-state index in [2.05, 4.69) is 4.72 Å². The number of rotatable bonds is 5. The van der Waals surface area contributed by atoms with Gasteiger partial charge >= 0.3 is 0 Å². The summed E-state index contributed by atoms with van der Waals surface area (Å²) in [5.74, 6) is 0. The summed E-state index contributed by atoms with van der Waals surface area (Å²) >= 11 is 0. The third-order valence-electron chi connectivity index (χ3n) is 1.59. The molecule has 0 aliphatic heterocycles. The van der Waals surface area contributed by atoms with Gasteiger partial charge in [0.05, 0.1) is 6.61 Å². The van der Waals surface area contributed by atoms with Gasteiger partial charge in [-0.05, 0) is 6.92 Å². The monoisotopic (exact) mass is 196 g/mol. The minimum Gasteiger partial charge on any atom is -0.395 e. The molecule has 0 aromatic rings. The number of hydrogen-bond acceptors (Lipinski definition) is 3. The van der Waals surface area contributed by atoms with Crippen LogP contribution in [0, 0.1) is 0 Å². The minimum absolute atomic E-state index is 0.179. The highest BCUT2D eigenvalue weighted by Gasteiger charge is 2.20. The van der Waals surface area contributed by atoms with Crippen molar-refractivity contribution in [2.24, 2.45) is 0 Å². The van der Waals surface area contributed by atoms with Crippen molar-refractivity contribution >= 4 is 10.2 Å². The lowest BCUT2D eigenvalue weighted by Gasteiger charge is -2.22. The Hall–Kier alpha value is -0.170. The van der Waals surface area contributed by atoms with Crippen LogP contribution in [-0.2, 0) is 10.2 Å². The first-order chi connectivity index (χ1) is 5.45. The normalized spacial score (nSPS) is 15.1. The second kappa shape index (κ2) is 4.76. The summed E-state index contributed by atoms with van der Waals surface area (Å²) in [5.41, 5.74) is 0. The maximum atomic E-state index is 11.2. The molecule has 0 aromatic heterocycles. The highest BCUT2D eigenvalue weighted by atomic mass is 32.2. The summed E-state index contributed by atoms with van der Waals surface area (Å²) in [7, 11) is -1.97. The van der Waals surface area contributed by atoms with Crippen molar-refractivity contribution in [3.8, 4) is 0 Å². The summed E-state index contributed by atoms with van der Waals surface area (Å²) in [5, 5.41) is 8.70. The highest BCUT2D eigenvalue weighted by molar-refractivity contribution is 7.87. The summed E-state index contributed by atoms with van der Waals surface area (Å²) in [6.45, 7) is 3.51. The Kier molecular flexibility index (Phi) is 4.69. The zero-order chi connectivity index (χ0) is 9.78. The Bertz CT molecular complexity index is 215. The van der Waals surface area contributed by atoms with E-state index in [4.69, 9.17) is 5.11 Å². The van der Waals surface area contributed by atoms with Gasteiger partial charge in [0.1, 0.15) is 0 Å². The van der Waals surface area contributed by atoms with E-state index in [1.165, 1.54) is 7.05 Å². The van der Waals surface area contributed by atoms with Crippen molar-refractivity contribution < 1.29 is 13.5 Å². The van der Waals surface area contributed by atoms with Crippen LogP contribution in [0.25, 0.3) is 0 Å². The number of aliphatic hydroxyl groups is 1. The van der Waals surface area contributed by atoms with Crippen molar-refractivity contribution in [2.45, 2.75) is 19.9 Å². The molecular weight excluding hydrogens is 180 g/mol. The van der Waals surface area contributed by atoms with E-state index in [1.807, 2.05) is 0 Å². The summed E-state index contributed by atoms with van der Waals surface area (Å²) < 4.78 is 25.9. The van der Waals surface area contributed by atoms with Crippen LogP contribution in [-0.4, -0.2) is 44.1 Å². The Morgan fingerprint density at radius 3 is 2.42 bits per heavy atom. The van der Waals surface area contributed by atoms with Gasteiger partial charge in [-0.25, -0.2) is 4.72 Å². The van der Waals surface area contributed by atoms with E-state index in [9.17, 15) is 8.42 Å². The van der Waals surface area contributed by atoms with E-state index in [0.717, 1.165) is 4.31 Å². The second-order valence-electron chi connectivity index (χ2n) is 2.55. The molecule has 1 unspecified atom stereocenters. The highest BCUT2D eigenvalue weighted by Crippen LogP contribution is 1.99. The van der Waals surface area contributed by atoms with Gasteiger partial charge in [0.15, 0.2) is 0 Å². The van der Waals surface area contributed by atoms with Crippen LogP contribution in [0.3, 0.4) is 0 Å². The minimum atomic E-state index is -3.40. The Morgan fingerprint density at radius 1 is 1.58 bits per heavy atom. The molecule has 12 heavy (non-hydrogen) atoms. The van der Waals surface area contributed by atoms with Gasteiger partial charge in [-0.1, -0.05) is 6.92 Å². The third kappa shape index (κ3) is 3.06. The Balaban J connectivity index is 4.35. The summed E-state index contributed by atoms with van der Waals surface area (Å²) in [6, 6.07) is -0.394. The lowest BCUT2D eigenvalue weighted by atomic mass is 10.4. The Labute approximate surface area is 73.6 Å². The van der Waals surface area contributed by atoms with Crippen molar-refractivity contribution in [1.29, 1.82) is 0 Å². The van der Waals surface area contributed by atoms with E-state index < -0.39 is 16.3 Å². The first-order valence-electron chi connectivity index (χ1n) is 3.79. The summed E-state index contributed by atoms with van der Waals surface area (Å²) in [4.78, 5) is 0. The van der Waals surface area contributed by atoms with E-state index in [1.54, 1.807) is 13.8 Å². The maximum absolute atomic E-state index is 11.2. The molecule has 0 spiro atoms. The molecule has 1 atom stereocenters. The predicted molar refractivity (Wildman–Crippen MR) is 46.9 cm³/mol. The molecule has 0 saturated carbocycles. The average molecular weight is 196 g/mol. The molecule has 0 saturated heterocycles. The van der Waals surface area contributed by atoms with Crippen LogP contribution in [0.15, 0.2) is 0 Å². The van der Waals surface area contributed by atoms with Crippen LogP contribution in [0.2, 0.25) is 0 Å². The molecule has 74 valence electrons. The first kappa shape index (κ1) is 11.8. The van der Waals surface area contributed by atoms with Gasteiger partial charge in [-0.15, -0.1) is 0 Å². The second-order valence-corrected chi connectivity index (χ2v) is 4.37. The fourth-order valence-electron chi connectivity index (χ4n) is 0.636. The van der Waals surface area contributed by atoms with Gasteiger partial charge in [0.2, 0.25) is 0 Å². The molecular formula is C6H16N2O3S. The molecule has 0 radical (unpaired) electrons. The zero-order valence-electron chi connectivity index (χ0n) is 7.61. The fraction of sp³-hybridized carbons (Fsp3) is 1.00. The van der Waals surface area contributed by atoms with Crippen LogP contribution >= 0.6 is 0 Å². The molecule has 0 aromatic carbocycles. The van der Waals surface area contributed by atoms with Gasteiger partial charge in [-0.3, -0.25) is 0 Å². The van der Waals surface area contributed by atoms with Crippen LogP contribution in [0.5, 0.6) is 0 Å². The SMILES string of the molecule is CCNS(=O)(=O)N(C)C(C)CO. The van der Waals surface area contributed by atoms with Gasteiger partial charge in [0.25, 0.3) is 10.2 Å². The molecule has 0 fully saturated rings. The van der Waals surface area contributed by atoms with Gasteiger partial charge < -0.3 is 5.11 Å². The molecule has 2 N–H and O–H groups in total. The third-order valence-corrected chi connectivity index (χ3v) is 3.36. The van der Waals surface area contributed by atoms with Gasteiger partial charge in [-0.2, -0.15) is 12.7 Å². The standard InChI is InChI=1S/C6H16N2O3S/c1-4-7-12(10,11)8(3)6(2)5-9/h6-7,9H,4-5H2,1-3H3. The lowest BCUT2D eigenvalue weighted by molar-refractivity contribution is 0.213. The quantitative estimate of drug-likeness (QED) is 0.602. The fourth-order valence-corrected chi connectivity index (χ4v) is 1.74. The molecule has 5 nitrogen and oxygen atoms in total. The molecule has 0 aliphatic rings. The van der Waals surface area contributed by atoms with Crippen molar-refractivity contribution in [1.82, 2.24) is 9.03 Å². The van der Waals surface area contributed by atoms with Crippen LogP contribution in [0.1, 0.15) is 13.8 Å². The van der Waals surface area contributed by atoms with Crippen LogP contribution in [0.4, 0.5) is 0 Å². The van der Waals surface area contributed by atoms with Crippen molar-refractivity contribution in [2.75, 3.05) is 20.2 Å². The molecule has 6 heteroatoms. The average Bonchev–Trinajstić information content (AvgIpc) is 2.01. The zero-order valence-corrected chi connectivity index (χ0v) is 8.43. The first-order valence-corrected chi connectivity index (χ1v) is 5.23. The maximum Gasteiger partial charge on any atom is 0.279 e. The predicted octanol–water partition coefficient (Wildman–Crippen LogP) is -0.847. The van der Waals surface area contributed by atoms with E-state index in [0.29, 0.717) is 6.54 Å². The van der Waals surface area contributed by atoms with Crippen molar-refractivity contribution in [3.63, 3.8) is 0 Å². The molecule has 0 aliphatic carbocycles. The lowest BCUT2D eigenvalue weighted by Crippen LogP contribution is -2.44. The number of likely N-dealkylation sites (N-methyl/N-ethyl adjacent to an activating group) is 1. The molecule has 0 heterocycles. The van der Waals surface area contributed by atoms with Gasteiger partial charge in [0, 0.05) is 19.6 Å². The Morgan fingerprint density at radius 2 is 2.08 bits per heavy atom. The van der Waals surface area contributed by atoms with E-state index >= 15 is 0 Å². The number of nitrogens with one attached hydrogen (secondary N) is 1.